The summed E-state index contributed by atoms with van der Waals surface area (Å²) in [6, 6.07) is 8.20. The van der Waals surface area contributed by atoms with E-state index in [9.17, 15) is 9.59 Å². The van der Waals surface area contributed by atoms with Gasteiger partial charge in [-0.2, -0.15) is 0 Å². The standard InChI is InChI=1S/C28H42N4O3/c1-20(31-14-6-4-5-7-15-31)10-13-29-27(33)21(2)22-11-16-32(17-12-22)28(34)26-18-23-8-9-24(35-3)19-25(23)30-26/h8-9,18-22,30H,4-7,10-17H2,1-3H3,(H,29,33)/t20-,21+/m1/s1. The maximum atomic E-state index is 13.1. The van der Waals surface area contributed by atoms with Crippen molar-refractivity contribution >= 4 is 22.7 Å². The minimum atomic E-state index is -0.0266. The van der Waals surface area contributed by atoms with Crippen LogP contribution in [0.1, 0.15) is 69.3 Å². The van der Waals surface area contributed by atoms with Gasteiger partial charge in [-0.25, -0.2) is 0 Å². The van der Waals surface area contributed by atoms with Crippen molar-refractivity contribution in [3.63, 3.8) is 0 Å². The molecule has 1 aromatic heterocycles. The quantitative estimate of drug-likeness (QED) is 0.583. The van der Waals surface area contributed by atoms with Crippen molar-refractivity contribution in [3.05, 3.63) is 30.0 Å². The SMILES string of the molecule is COc1ccc2cc(C(=O)N3CCC([C@H](C)C(=O)NCC[C@@H](C)N4CCCCCC4)CC3)[nH]c2c1. The van der Waals surface area contributed by atoms with Crippen LogP contribution in [0, 0.1) is 11.8 Å². The van der Waals surface area contributed by atoms with Crippen LogP contribution < -0.4 is 10.1 Å². The van der Waals surface area contributed by atoms with Gasteiger partial charge in [0.1, 0.15) is 11.4 Å². The van der Waals surface area contributed by atoms with Crippen molar-refractivity contribution < 1.29 is 14.3 Å². The number of methoxy groups -OCH3 is 1. The number of carbonyl (C=O) groups excluding carboxylic acids is 2. The topological polar surface area (TPSA) is 77.7 Å². The Hall–Kier alpha value is -2.54. The minimum absolute atomic E-state index is 0.0261. The van der Waals surface area contributed by atoms with Gasteiger partial charge in [0.15, 0.2) is 0 Å². The summed E-state index contributed by atoms with van der Waals surface area (Å²) in [5.74, 6) is 1.24. The largest absolute Gasteiger partial charge is 0.497 e. The van der Waals surface area contributed by atoms with E-state index >= 15 is 0 Å². The van der Waals surface area contributed by atoms with Crippen LogP contribution >= 0.6 is 0 Å². The number of hydrogen-bond donors (Lipinski definition) is 2. The molecule has 7 heteroatoms. The van der Waals surface area contributed by atoms with Crippen LogP contribution in [-0.2, 0) is 4.79 Å². The summed E-state index contributed by atoms with van der Waals surface area (Å²) in [6.45, 7) is 8.82. The van der Waals surface area contributed by atoms with Crippen LogP contribution in [0.25, 0.3) is 10.9 Å². The van der Waals surface area contributed by atoms with Gasteiger partial charge in [0.25, 0.3) is 5.91 Å². The molecule has 0 spiro atoms. The molecule has 2 atom stereocenters. The van der Waals surface area contributed by atoms with Gasteiger partial charge >= 0.3 is 0 Å². The van der Waals surface area contributed by atoms with Gasteiger partial charge in [-0.15, -0.1) is 0 Å². The number of benzene rings is 1. The number of fused-ring (bicyclic) bond motifs is 1. The molecule has 2 saturated heterocycles. The lowest BCUT2D eigenvalue weighted by atomic mass is 9.84. The zero-order valence-corrected chi connectivity index (χ0v) is 21.6. The Morgan fingerprint density at radius 2 is 1.77 bits per heavy atom. The Kier molecular flexibility index (Phi) is 8.71. The highest BCUT2D eigenvalue weighted by molar-refractivity contribution is 5.98. The van der Waals surface area contributed by atoms with E-state index in [-0.39, 0.29) is 17.7 Å². The highest BCUT2D eigenvalue weighted by Crippen LogP contribution is 2.27. The fourth-order valence-electron chi connectivity index (χ4n) is 5.62. The predicted octanol–water partition coefficient (Wildman–Crippen LogP) is 4.44. The third-order valence-electron chi connectivity index (χ3n) is 8.13. The first kappa shape index (κ1) is 25.5. The number of carbonyl (C=O) groups is 2. The molecule has 0 bridgehead atoms. The van der Waals surface area contributed by atoms with Crippen molar-refractivity contribution in [2.45, 2.75) is 64.8 Å². The van der Waals surface area contributed by atoms with Gasteiger partial charge in [0.05, 0.1) is 7.11 Å². The van der Waals surface area contributed by atoms with Crippen LogP contribution in [0.3, 0.4) is 0 Å². The number of piperidine rings is 1. The number of rotatable bonds is 8. The average molecular weight is 483 g/mol. The molecule has 0 aliphatic carbocycles. The molecule has 4 rings (SSSR count). The number of H-pyrrole nitrogens is 1. The lowest BCUT2D eigenvalue weighted by molar-refractivity contribution is -0.126. The van der Waals surface area contributed by atoms with Crippen molar-refractivity contribution in [3.8, 4) is 5.75 Å². The molecule has 0 radical (unpaired) electrons. The first-order chi connectivity index (χ1) is 17.0. The van der Waals surface area contributed by atoms with Gasteiger partial charge in [0.2, 0.25) is 5.91 Å². The maximum Gasteiger partial charge on any atom is 0.270 e. The van der Waals surface area contributed by atoms with E-state index in [1.54, 1.807) is 7.11 Å². The van der Waals surface area contributed by atoms with E-state index in [0.29, 0.717) is 30.7 Å². The van der Waals surface area contributed by atoms with E-state index < -0.39 is 0 Å². The van der Waals surface area contributed by atoms with Gasteiger partial charge in [-0.3, -0.25) is 9.59 Å². The van der Waals surface area contributed by atoms with Crippen LogP contribution in [0.15, 0.2) is 24.3 Å². The molecule has 7 nitrogen and oxygen atoms in total. The van der Waals surface area contributed by atoms with Gasteiger partial charge < -0.3 is 24.8 Å². The second-order valence-electron chi connectivity index (χ2n) is 10.4. The molecule has 2 aliphatic heterocycles. The molecule has 2 fully saturated rings. The van der Waals surface area contributed by atoms with Gasteiger partial charge in [-0.1, -0.05) is 19.8 Å². The summed E-state index contributed by atoms with van der Waals surface area (Å²) in [7, 11) is 1.64. The number of hydrogen-bond acceptors (Lipinski definition) is 4. The fraction of sp³-hybridized carbons (Fsp3) is 0.643. The van der Waals surface area contributed by atoms with Crippen LogP contribution in [0.5, 0.6) is 5.75 Å². The summed E-state index contributed by atoms with van der Waals surface area (Å²) in [6.07, 6.45) is 8.00. The third-order valence-corrected chi connectivity index (χ3v) is 8.13. The van der Waals surface area contributed by atoms with Crippen LogP contribution in [0.2, 0.25) is 0 Å². The number of amides is 2. The lowest BCUT2D eigenvalue weighted by Gasteiger charge is -2.34. The Balaban J connectivity index is 1.22. The van der Waals surface area contributed by atoms with E-state index in [2.05, 4.69) is 22.1 Å². The molecule has 1 aromatic carbocycles. The molecule has 2 aromatic rings. The molecule has 0 saturated carbocycles. The van der Waals surface area contributed by atoms with Crippen molar-refractivity contribution in [2.75, 3.05) is 39.8 Å². The zero-order chi connectivity index (χ0) is 24.8. The summed E-state index contributed by atoms with van der Waals surface area (Å²) in [4.78, 5) is 33.6. The number of likely N-dealkylation sites (tertiary alicyclic amines) is 2. The minimum Gasteiger partial charge on any atom is -0.497 e. The zero-order valence-electron chi connectivity index (χ0n) is 21.6. The molecule has 3 heterocycles. The van der Waals surface area contributed by atoms with Gasteiger partial charge in [0, 0.05) is 48.6 Å². The number of ether oxygens (including phenoxy) is 1. The molecule has 192 valence electrons. The number of nitrogens with one attached hydrogen (secondary N) is 2. The first-order valence-electron chi connectivity index (χ1n) is 13.4. The van der Waals surface area contributed by atoms with E-state index in [1.807, 2.05) is 36.1 Å². The normalized spacial score (nSPS) is 19.8. The maximum absolute atomic E-state index is 13.1. The number of aromatic nitrogens is 1. The fourth-order valence-corrected chi connectivity index (χ4v) is 5.62. The van der Waals surface area contributed by atoms with E-state index in [1.165, 1.54) is 38.8 Å². The first-order valence-corrected chi connectivity index (χ1v) is 13.4. The monoisotopic (exact) mass is 482 g/mol. The van der Waals surface area contributed by atoms with E-state index in [4.69, 9.17) is 4.74 Å². The lowest BCUT2D eigenvalue weighted by Crippen LogP contribution is -2.43. The second kappa shape index (κ2) is 11.9. The Morgan fingerprint density at radius 3 is 2.46 bits per heavy atom. The second-order valence-corrected chi connectivity index (χ2v) is 10.4. The number of aromatic amines is 1. The average Bonchev–Trinajstić information content (AvgIpc) is 3.11. The molecular weight excluding hydrogens is 440 g/mol. The number of nitrogens with zero attached hydrogens (tertiary/aromatic N) is 2. The highest BCUT2D eigenvalue weighted by atomic mass is 16.5. The third kappa shape index (κ3) is 6.37. The molecule has 2 amide bonds. The molecule has 2 N–H and O–H groups in total. The molecular formula is C28H42N4O3. The Morgan fingerprint density at radius 1 is 1.06 bits per heavy atom. The molecule has 35 heavy (non-hydrogen) atoms. The Labute approximate surface area is 209 Å². The smallest absolute Gasteiger partial charge is 0.270 e. The molecule has 0 unspecified atom stereocenters. The van der Waals surface area contributed by atoms with E-state index in [0.717, 1.165) is 42.5 Å². The highest BCUT2D eigenvalue weighted by Gasteiger charge is 2.30. The summed E-state index contributed by atoms with van der Waals surface area (Å²) >= 11 is 0. The summed E-state index contributed by atoms with van der Waals surface area (Å²) in [5.41, 5.74) is 1.51. The summed E-state index contributed by atoms with van der Waals surface area (Å²) in [5, 5.41) is 4.19. The van der Waals surface area contributed by atoms with Gasteiger partial charge in [-0.05, 0) is 76.2 Å². The van der Waals surface area contributed by atoms with Crippen molar-refractivity contribution in [1.29, 1.82) is 0 Å². The summed E-state index contributed by atoms with van der Waals surface area (Å²) < 4.78 is 5.28. The van der Waals surface area contributed by atoms with Crippen molar-refractivity contribution in [1.82, 2.24) is 20.1 Å². The van der Waals surface area contributed by atoms with Crippen LogP contribution in [-0.4, -0.2) is 72.5 Å². The predicted molar refractivity (Wildman–Crippen MR) is 140 cm³/mol. The van der Waals surface area contributed by atoms with Crippen molar-refractivity contribution in [2.24, 2.45) is 11.8 Å². The molecule has 2 aliphatic rings. The Bertz CT molecular complexity index is 987. The van der Waals surface area contributed by atoms with Crippen LogP contribution in [0.4, 0.5) is 0 Å².